The third kappa shape index (κ3) is 2.77. The summed E-state index contributed by atoms with van der Waals surface area (Å²) in [6, 6.07) is 7.15. The van der Waals surface area contributed by atoms with Crippen LogP contribution < -0.4 is 5.32 Å². The maximum absolute atomic E-state index is 11.7. The lowest BCUT2D eigenvalue weighted by Gasteiger charge is -2.01. The minimum absolute atomic E-state index is 0.615. The largest absolute Gasteiger partial charge is 0.324 e. The number of nitrogens with one attached hydrogen (secondary N) is 1. The third-order valence-corrected chi connectivity index (χ3v) is 1.97. The van der Waals surface area contributed by atoms with Crippen LogP contribution in [-0.4, -0.2) is 12.6 Å². The second-order valence-electron chi connectivity index (χ2n) is 2.19. The molecule has 0 saturated heterocycles. The average Bonchev–Trinajstić information content (AvgIpc) is 2.09. The van der Waals surface area contributed by atoms with Crippen molar-refractivity contribution in [1.29, 1.82) is 0 Å². The zero-order valence-electron chi connectivity index (χ0n) is 6.18. The van der Waals surface area contributed by atoms with Gasteiger partial charge in [-0.05, 0) is 46.9 Å². The molecule has 1 aromatic rings. The lowest BCUT2D eigenvalue weighted by molar-refractivity contribution is -0.117. The van der Waals surface area contributed by atoms with Crippen LogP contribution in [0.3, 0.4) is 0 Å². The summed E-state index contributed by atoms with van der Waals surface area (Å²) in [6.45, 7) is -0.980. The molecule has 0 bridgehead atoms. The maximum Gasteiger partial charge on any atom is 0.255 e. The van der Waals surface area contributed by atoms with Gasteiger partial charge in [0.15, 0.2) is 6.67 Å². The molecule has 0 saturated carbocycles. The Morgan fingerprint density at radius 1 is 1.42 bits per heavy atom. The van der Waals surface area contributed by atoms with Crippen molar-refractivity contribution in [3.8, 4) is 0 Å². The SMILES string of the molecule is O=C(CF)Nc1ccc(I)cc1. The second kappa shape index (κ2) is 4.39. The number of carbonyl (C=O) groups is 1. The fraction of sp³-hybridized carbons (Fsp3) is 0.125. The van der Waals surface area contributed by atoms with Gasteiger partial charge in [-0.2, -0.15) is 0 Å². The molecule has 0 aromatic heterocycles. The first-order valence-corrected chi connectivity index (χ1v) is 4.41. The number of benzene rings is 1. The molecule has 1 N–H and O–H groups in total. The minimum Gasteiger partial charge on any atom is -0.324 e. The molecule has 0 unspecified atom stereocenters. The molecule has 0 aliphatic rings. The lowest BCUT2D eigenvalue weighted by Crippen LogP contribution is -2.12. The van der Waals surface area contributed by atoms with Crippen LogP contribution in [0.4, 0.5) is 10.1 Å². The molecule has 1 amide bonds. The van der Waals surface area contributed by atoms with Gasteiger partial charge in [0.05, 0.1) is 0 Å². The summed E-state index contributed by atoms with van der Waals surface area (Å²) in [5.41, 5.74) is 0.623. The molecular formula is C8H7FINO. The molecule has 0 heterocycles. The van der Waals surface area contributed by atoms with E-state index in [4.69, 9.17) is 0 Å². The quantitative estimate of drug-likeness (QED) is 0.826. The molecule has 0 fully saturated rings. The number of alkyl halides is 1. The van der Waals surface area contributed by atoms with Crippen molar-refractivity contribution in [2.75, 3.05) is 12.0 Å². The van der Waals surface area contributed by atoms with Gasteiger partial charge in [0, 0.05) is 9.26 Å². The van der Waals surface area contributed by atoms with E-state index in [-0.39, 0.29) is 0 Å². The van der Waals surface area contributed by atoms with E-state index < -0.39 is 12.6 Å². The number of halogens is 2. The molecule has 0 aliphatic carbocycles. The van der Waals surface area contributed by atoms with E-state index in [9.17, 15) is 9.18 Å². The fourth-order valence-electron chi connectivity index (χ4n) is 0.728. The number of amides is 1. The number of anilines is 1. The Hall–Kier alpha value is -0.650. The van der Waals surface area contributed by atoms with E-state index in [2.05, 4.69) is 27.9 Å². The molecule has 0 spiro atoms. The Morgan fingerprint density at radius 3 is 2.50 bits per heavy atom. The number of hydrogen-bond donors (Lipinski definition) is 1. The smallest absolute Gasteiger partial charge is 0.255 e. The first-order chi connectivity index (χ1) is 5.72. The lowest BCUT2D eigenvalue weighted by atomic mass is 10.3. The molecule has 0 aliphatic heterocycles. The van der Waals surface area contributed by atoms with Gasteiger partial charge in [-0.1, -0.05) is 0 Å². The molecule has 0 atom stereocenters. The summed E-state index contributed by atoms with van der Waals surface area (Å²) < 4.78 is 12.8. The standard InChI is InChI=1S/C8H7FINO/c9-5-8(12)11-7-3-1-6(10)2-4-7/h1-4H,5H2,(H,11,12). The number of carbonyl (C=O) groups excluding carboxylic acids is 1. The van der Waals surface area contributed by atoms with E-state index >= 15 is 0 Å². The van der Waals surface area contributed by atoms with Crippen LogP contribution in [0.15, 0.2) is 24.3 Å². The van der Waals surface area contributed by atoms with E-state index in [1.807, 2.05) is 12.1 Å². The van der Waals surface area contributed by atoms with Gasteiger partial charge in [0.2, 0.25) is 0 Å². The van der Waals surface area contributed by atoms with E-state index in [0.717, 1.165) is 3.57 Å². The van der Waals surface area contributed by atoms with E-state index in [1.165, 1.54) is 0 Å². The van der Waals surface area contributed by atoms with Crippen molar-refractivity contribution in [3.05, 3.63) is 27.8 Å². The topological polar surface area (TPSA) is 29.1 Å². The molecule has 4 heteroatoms. The molecule has 12 heavy (non-hydrogen) atoms. The highest BCUT2D eigenvalue weighted by Gasteiger charge is 1.99. The highest BCUT2D eigenvalue weighted by Crippen LogP contribution is 2.10. The van der Waals surface area contributed by atoms with Crippen molar-refractivity contribution < 1.29 is 9.18 Å². The van der Waals surface area contributed by atoms with Crippen LogP contribution in [0.25, 0.3) is 0 Å². The first kappa shape index (κ1) is 9.44. The van der Waals surface area contributed by atoms with Crippen LogP contribution in [-0.2, 0) is 4.79 Å². The van der Waals surface area contributed by atoms with E-state index in [0.29, 0.717) is 5.69 Å². The Morgan fingerprint density at radius 2 is 2.00 bits per heavy atom. The van der Waals surface area contributed by atoms with Gasteiger partial charge in [-0.25, -0.2) is 4.39 Å². The van der Waals surface area contributed by atoms with Gasteiger partial charge in [0.1, 0.15) is 0 Å². The Bertz CT molecular complexity index is 273. The molecule has 64 valence electrons. The highest BCUT2D eigenvalue weighted by atomic mass is 127. The zero-order valence-corrected chi connectivity index (χ0v) is 8.34. The Balaban J connectivity index is 2.64. The van der Waals surface area contributed by atoms with Crippen LogP contribution >= 0.6 is 22.6 Å². The highest BCUT2D eigenvalue weighted by molar-refractivity contribution is 14.1. The summed E-state index contributed by atoms with van der Waals surface area (Å²) in [5.74, 6) is -0.615. The summed E-state index contributed by atoms with van der Waals surface area (Å²) >= 11 is 2.15. The molecule has 2 nitrogen and oxygen atoms in total. The van der Waals surface area contributed by atoms with Crippen molar-refractivity contribution in [2.24, 2.45) is 0 Å². The monoisotopic (exact) mass is 279 g/mol. The van der Waals surface area contributed by atoms with Gasteiger partial charge in [-0.15, -0.1) is 0 Å². The first-order valence-electron chi connectivity index (χ1n) is 3.34. The van der Waals surface area contributed by atoms with E-state index in [1.54, 1.807) is 12.1 Å². The van der Waals surface area contributed by atoms with Gasteiger partial charge in [0.25, 0.3) is 5.91 Å². The third-order valence-electron chi connectivity index (χ3n) is 1.25. The zero-order chi connectivity index (χ0) is 8.97. The van der Waals surface area contributed by atoms with Crippen LogP contribution in [0, 0.1) is 3.57 Å². The van der Waals surface area contributed by atoms with Crippen molar-refractivity contribution in [2.45, 2.75) is 0 Å². The molecule has 1 rings (SSSR count). The summed E-state index contributed by atoms with van der Waals surface area (Å²) in [7, 11) is 0. The Kier molecular flexibility index (Phi) is 3.46. The van der Waals surface area contributed by atoms with Crippen molar-refractivity contribution in [1.82, 2.24) is 0 Å². The summed E-state index contributed by atoms with van der Waals surface area (Å²) in [6.07, 6.45) is 0. The van der Waals surface area contributed by atoms with Gasteiger partial charge < -0.3 is 5.32 Å². The molecule has 1 aromatic carbocycles. The minimum atomic E-state index is -0.980. The predicted octanol–water partition coefficient (Wildman–Crippen LogP) is 2.20. The van der Waals surface area contributed by atoms with Gasteiger partial charge >= 0.3 is 0 Å². The maximum atomic E-state index is 11.7. The van der Waals surface area contributed by atoms with Crippen LogP contribution in [0.1, 0.15) is 0 Å². The van der Waals surface area contributed by atoms with Crippen molar-refractivity contribution >= 4 is 34.2 Å². The Labute approximate surface area is 83.3 Å². The van der Waals surface area contributed by atoms with Crippen LogP contribution in [0.2, 0.25) is 0 Å². The van der Waals surface area contributed by atoms with Crippen LogP contribution in [0.5, 0.6) is 0 Å². The summed E-state index contributed by atoms with van der Waals surface area (Å²) in [4.78, 5) is 10.6. The fourth-order valence-corrected chi connectivity index (χ4v) is 1.09. The number of hydrogen-bond acceptors (Lipinski definition) is 1. The van der Waals surface area contributed by atoms with Crippen molar-refractivity contribution in [3.63, 3.8) is 0 Å². The predicted molar refractivity (Wildman–Crippen MR) is 53.8 cm³/mol. The molecular weight excluding hydrogens is 272 g/mol. The molecule has 0 radical (unpaired) electrons. The van der Waals surface area contributed by atoms with Gasteiger partial charge in [-0.3, -0.25) is 4.79 Å². The summed E-state index contributed by atoms with van der Waals surface area (Å²) in [5, 5.41) is 2.40. The normalized spacial score (nSPS) is 9.50. The number of rotatable bonds is 2. The average molecular weight is 279 g/mol. The second-order valence-corrected chi connectivity index (χ2v) is 3.43.